The Morgan fingerprint density at radius 1 is 1.40 bits per heavy atom. The number of nitrogen functional groups attached to an aromatic ring is 1. The van der Waals surface area contributed by atoms with Gasteiger partial charge in [0.05, 0.1) is 11.3 Å². The van der Waals surface area contributed by atoms with Crippen LogP contribution >= 0.6 is 11.3 Å². The molecule has 0 saturated carbocycles. The van der Waals surface area contributed by atoms with Crippen molar-refractivity contribution in [3.63, 3.8) is 0 Å². The summed E-state index contributed by atoms with van der Waals surface area (Å²) in [6.45, 7) is 3.49. The molecule has 0 bridgehead atoms. The largest absolute Gasteiger partial charge is 0.397 e. The number of ether oxygens (including phenoxy) is 1. The normalized spacial score (nSPS) is 10.3. The third kappa shape index (κ3) is 3.84. The van der Waals surface area contributed by atoms with Crippen molar-refractivity contribution in [1.82, 2.24) is 5.32 Å². The first-order valence-electron chi connectivity index (χ1n) is 6.25. The molecule has 0 aliphatic carbocycles. The summed E-state index contributed by atoms with van der Waals surface area (Å²) in [5, 5.41) is 6.24. The summed E-state index contributed by atoms with van der Waals surface area (Å²) in [4.78, 5) is 23.6. The molecule has 0 spiro atoms. The van der Waals surface area contributed by atoms with E-state index in [9.17, 15) is 9.59 Å². The van der Waals surface area contributed by atoms with Gasteiger partial charge in [-0.1, -0.05) is 0 Å². The number of thiophene rings is 1. The topological polar surface area (TPSA) is 119 Å². The molecule has 112 valence electrons. The molecule has 2 amide bonds. The van der Waals surface area contributed by atoms with Gasteiger partial charge in [0.15, 0.2) is 0 Å². The summed E-state index contributed by atoms with van der Waals surface area (Å²) >= 11 is 1.13. The first kappa shape index (κ1) is 16.3. The van der Waals surface area contributed by atoms with E-state index < -0.39 is 5.91 Å². The molecule has 0 fully saturated rings. The van der Waals surface area contributed by atoms with Crippen molar-refractivity contribution in [1.29, 1.82) is 0 Å². The smallest absolute Gasteiger partial charge is 0.263 e. The number of hydrogen-bond acceptors (Lipinski definition) is 6. The van der Waals surface area contributed by atoms with Gasteiger partial charge in [0.2, 0.25) is 0 Å². The molecule has 0 aliphatic heterocycles. The lowest BCUT2D eigenvalue weighted by atomic mass is 10.2. The third-order valence-corrected chi connectivity index (χ3v) is 3.71. The Morgan fingerprint density at radius 3 is 2.65 bits per heavy atom. The summed E-state index contributed by atoms with van der Waals surface area (Å²) in [7, 11) is 1.62. The molecule has 1 rings (SSSR count). The van der Waals surface area contributed by atoms with Gasteiger partial charge in [-0.2, -0.15) is 0 Å². The van der Waals surface area contributed by atoms with Crippen LogP contribution in [-0.4, -0.2) is 38.6 Å². The van der Waals surface area contributed by atoms with Crippen LogP contribution in [0.1, 0.15) is 33.4 Å². The van der Waals surface area contributed by atoms with E-state index in [4.69, 9.17) is 16.2 Å². The number of hydrogen-bond donors (Lipinski definition) is 4. The minimum Gasteiger partial charge on any atom is -0.397 e. The predicted molar refractivity (Wildman–Crippen MR) is 80.2 cm³/mol. The van der Waals surface area contributed by atoms with E-state index in [2.05, 4.69) is 10.6 Å². The second-order valence-corrected chi connectivity index (χ2v) is 5.07. The van der Waals surface area contributed by atoms with E-state index in [1.807, 2.05) is 0 Å². The predicted octanol–water partition coefficient (Wildman–Crippen LogP) is 0.627. The first-order valence-corrected chi connectivity index (χ1v) is 7.07. The zero-order chi connectivity index (χ0) is 15.1. The van der Waals surface area contributed by atoms with Crippen LogP contribution in [0.15, 0.2) is 0 Å². The summed E-state index contributed by atoms with van der Waals surface area (Å²) in [5.74, 6) is -0.953. The van der Waals surface area contributed by atoms with Crippen molar-refractivity contribution >= 4 is 33.8 Å². The van der Waals surface area contributed by atoms with Gasteiger partial charge in [-0.05, 0) is 13.3 Å². The standard InChI is InChI=1S/C12H20N4O3S/c1-3-15-11(18)9-8(13)7(10(14)17)12(20-9)16-5-4-6-19-2/h16H,3-6,13H2,1-2H3,(H2,14,17)(H,15,18). The molecular formula is C12H20N4O3S. The van der Waals surface area contributed by atoms with Gasteiger partial charge in [-0.25, -0.2) is 0 Å². The van der Waals surface area contributed by atoms with Crippen LogP contribution in [0.25, 0.3) is 0 Å². The number of carbonyl (C=O) groups is 2. The van der Waals surface area contributed by atoms with Gasteiger partial charge >= 0.3 is 0 Å². The highest BCUT2D eigenvalue weighted by Crippen LogP contribution is 2.35. The fourth-order valence-electron chi connectivity index (χ4n) is 1.64. The van der Waals surface area contributed by atoms with Crippen molar-refractivity contribution in [3.8, 4) is 0 Å². The maximum absolute atomic E-state index is 11.8. The van der Waals surface area contributed by atoms with Crippen LogP contribution in [0.3, 0.4) is 0 Å². The van der Waals surface area contributed by atoms with Crippen molar-refractivity contribution in [2.75, 3.05) is 37.9 Å². The van der Waals surface area contributed by atoms with Crippen molar-refractivity contribution in [2.45, 2.75) is 13.3 Å². The van der Waals surface area contributed by atoms with Crippen LogP contribution in [0.5, 0.6) is 0 Å². The fraction of sp³-hybridized carbons (Fsp3) is 0.500. The quantitative estimate of drug-likeness (QED) is 0.525. The van der Waals surface area contributed by atoms with E-state index in [1.165, 1.54) is 0 Å². The molecule has 1 heterocycles. The zero-order valence-corrected chi connectivity index (χ0v) is 12.4. The van der Waals surface area contributed by atoms with Crippen LogP contribution in [0, 0.1) is 0 Å². The third-order valence-electron chi connectivity index (χ3n) is 2.55. The Hall–Kier alpha value is -1.80. The number of nitrogens with two attached hydrogens (primary N) is 2. The van der Waals surface area contributed by atoms with Gasteiger partial charge in [-0.15, -0.1) is 11.3 Å². The molecule has 8 heteroatoms. The number of rotatable bonds is 8. The Bertz CT molecular complexity index is 487. The minimum absolute atomic E-state index is 0.127. The molecule has 1 aromatic heterocycles. The first-order chi connectivity index (χ1) is 9.52. The highest BCUT2D eigenvalue weighted by Gasteiger charge is 2.23. The molecule has 0 radical (unpaired) electrons. The lowest BCUT2D eigenvalue weighted by molar-refractivity contribution is 0.0960. The molecule has 0 atom stereocenters. The minimum atomic E-state index is -0.650. The SMILES string of the molecule is CCNC(=O)c1sc(NCCCOC)c(C(N)=O)c1N. The highest BCUT2D eigenvalue weighted by atomic mass is 32.1. The summed E-state index contributed by atoms with van der Waals surface area (Å²) < 4.78 is 4.94. The summed E-state index contributed by atoms with van der Waals surface area (Å²) in [5.41, 5.74) is 11.5. The van der Waals surface area contributed by atoms with Gasteiger partial charge in [0.25, 0.3) is 11.8 Å². The van der Waals surface area contributed by atoms with Crippen LogP contribution in [-0.2, 0) is 4.74 Å². The molecule has 20 heavy (non-hydrogen) atoms. The Balaban J connectivity index is 2.94. The molecule has 0 unspecified atom stereocenters. The van der Waals surface area contributed by atoms with Crippen LogP contribution < -0.4 is 22.1 Å². The lowest BCUT2D eigenvalue weighted by Gasteiger charge is -2.05. The van der Waals surface area contributed by atoms with E-state index in [0.717, 1.165) is 17.8 Å². The average molecular weight is 300 g/mol. The second-order valence-electron chi connectivity index (χ2n) is 4.05. The Morgan fingerprint density at radius 2 is 2.10 bits per heavy atom. The van der Waals surface area contributed by atoms with Gasteiger partial charge < -0.3 is 26.8 Å². The van der Waals surface area contributed by atoms with E-state index in [0.29, 0.717) is 29.6 Å². The molecule has 0 aliphatic rings. The summed E-state index contributed by atoms with van der Waals surface area (Å²) in [6, 6.07) is 0. The summed E-state index contributed by atoms with van der Waals surface area (Å²) in [6.07, 6.45) is 0.767. The van der Waals surface area contributed by atoms with Crippen molar-refractivity contribution in [3.05, 3.63) is 10.4 Å². The number of methoxy groups -OCH3 is 1. The number of primary amides is 1. The molecule has 0 aromatic carbocycles. The molecular weight excluding hydrogens is 280 g/mol. The van der Waals surface area contributed by atoms with E-state index in [1.54, 1.807) is 14.0 Å². The van der Waals surface area contributed by atoms with Crippen molar-refractivity contribution < 1.29 is 14.3 Å². The van der Waals surface area contributed by atoms with Gasteiger partial charge in [0.1, 0.15) is 9.88 Å². The van der Waals surface area contributed by atoms with Crippen molar-refractivity contribution in [2.24, 2.45) is 5.73 Å². The highest BCUT2D eigenvalue weighted by molar-refractivity contribution is 7.19. The van der Waals surface area contributed by atoms with Gasteiger partial charge in [0, 0.05) is 26.8 Å². The Kier molecular flexibility index (Phi) is 6.26. The molecule has 0 saturated heterocycles. The zero-order valence-electron chi connectivity index (χ0n) is 11.6. The molecule has 1 aromatic rings. The Labute approximate surface area is 121 Å². The van der Waals surface area contributed by atoms with Crippen LogP contribution in [0.2, 0.25) is 0 Å². The maximum Gasteiger partial charge on any atom is 0.263 e. The average Bonchev–Trinajstić information content (AvgIpc) is 2.72. The number of nitrogens with one attached hydrogen (secondary N) is 2. The lowest BCUT2D eigenvalue weighted by Crippen LogP contribution is -2.23. The molecule has 7 nitrogen and oxygen atoms in total. The maximum atomic E-state index is 11.8. The number of carbonyl (C=O) groups excluding carboxylic acids is 2. The molecule has 6 N–H and O–H groups in total. The second kappa shape index (κ2) is 7.71. The van der Waals surface area contributed by atoms with Gasteiger partial charge in [-0.3, -0.25) is 9.59 Å². The van der Waals surface area contributed by atoms with Crippen LogP contribution in [0.4, 0.5) is 10.7 Å². The van der Waals surface area contributed by atoms with E-state index in [-0.39, 0.29) is 17.2 Å². The number of amides is 2. The van der Waals surface area contributed by atoms with E-state index >= 15 is 0 Å². The fourth-order valence-corrected chi connectivity index (χ4v) is 2.71. The number of anilines is 2. The monoisotopic (exact) mass is 300 g/mol.